The van der Waals surface area contributed by atoms with Crippen LogP contribution < -0.4 is 20.3 Å². The SMILES string of the molecule is COc1ccc(NC(=O)c2ccc(NC3=C(Cl)C(=O)N(c4cccc(C(=O)OC(C)C)c4)C3=O)cc2)cc1. The summed E-state index contributed by atoms with van der Waals surface area (Å²) < 4.78 is 10.3. The molecule has 0 spiro atoms. The van der Waals surface area contributed by atoms with Crippen molar-refractivity contribution < 1.29 is 28.7 Å². The number of rotatable bonds is 8. The van der Waals surface area contributed by atoms with Gasteiger partial charge >= 0.3 is 5.97 Å². The molecule has 3 aromatic carbocycles. The summed E-state index contributed by atoms with van der Waals surface area (Å²) in [4.78, 5) is 51.7. The highest BCUT2D eigenvalue weighted by molar-refractivity contribution is 6.53. The average molecular weight is 534 g/mol. The van der Waals surface area contributed by atoms with Crippen LogP contribution in [0.1, 0.15) is 34.6 Å². The third kappa shape index (κ3) is 5.68. The molecular formula is C28H24ClN3O6. The summed E-state index contributed by atoms with van der Waals surface area (Å²) in [7, 11) is 1.56. The lowest BCUT2D eigenvalue weighted by molar-refractivity contribution is -0.120. The van der Waals surface area contributed by atoms with Crippen molar-refractivity contribution in [1.82, 2.24) is 0 Å². The van der Waals surface area contributed by atoms with Gasteiger partial charge in [-0.1, -0.05) is 17.7 Å². The Labute approximate surface area is 224 Å². The van der Waals surface area contributed by atoms with E-state index in [1.54, 1.807) is 75.6 Å². The maximum atomic E-state index is 13.1. The number of nitrogens with zero attached hydrogens (tertiary/aromatic N) is 1. The number of halogens is 1. The topological polar surface area (TPSA) is 114 Å². The van der Waals surface area contributed by atoms with E-state index in [4.69, 9.17) is 21.1 Å². The van der Waals surface area contributed by atoms with Crippen LogP contribution in [0.3, 0.4) is 0 Å². The smallest absolute Gasteiger partial charge is 0.338 e. The van der Waals surface area contributed by atoms with Crippen LogP contribution in [-0.4, -0.2) is 36.9 Å². The molecule has 0 saturated carbocycles. The van der Waals surface area contributed by atoms with E-state index in [-0.39, 0.29) is 34.0 Å². The summed E-state index contributed by atoms with van der Waals surface area (Å²) in [5.74, 6) is -1.64. The molecule has 194 valence electrons. The summed E-state index contributed by atoms with van der Waals surface area (Å²) in [6.07, 6.45) is -0.326. The molecule has 3 aromatic rings. The molecule has 0 radical (unpaired) electrons. The number of methoxy groups -OCH3 is 1. The van der Waals surface area contributed by atoms with Gasteiger partial charge in [0.1, 0.15) is 16.5 Å². The molecule has 0 bridgehead atoms. The van der Waals surface area contributed by atoms with Crippen molar-refractivity contribution in [2.45, 2.75) is 20.0 Å². The van der Waals surface area contributed by atoms with E-state index in [1.165, 1.54) is 18.2 Å². The summed E-state index contributed by atoms with van der Waals surface area (Å²) in [6.45, 7) is 3.44. The Morgan fingerprint density at radius 2 is 1.53 bits per heavy atom. The van der Waals surface area contributed by atoms with Crippen LogP contribution in [0.2, 0.25) is 0 Å². The zero-order chi connectivity index (χ0) is 27.4. The lowest BCUT2D eigenvalue weighted by Gasteiger charge is -2.16. The lowest BCUT2D eigenvalue weighted by atomic mass is 10.1. The molecule has 10 heteroatoms. The van der Waals surface area contributed by atoms with Gasteiger partial charge in [-0.05, 0) is 80.6 Å². The number of amides is 3. The van der Waals surface area contributed by atoms with Gasteiger partial charge in [-0.2, -0.15) is 0 Å². The molecule has 38 heavy (non-hydrogen) atoms. The predicted molar refractivity (Wildman–Crippen MR) is 143 cm³/mol. The molecule has 0 fully saturated rings. The number of anilines is 3. The largest absolute Gasteiger partial charge is 0.497 e. The average Bonchev–Trinajstić information content (AvgIpc) is 3.12. The highest BCUT2D eigenvalue weighted by Gasteiger charge is 2.39. The monoisotopic (exact) mass is 533 g/mol. The molecule has 2 N–H and O–H groups in total. The first-order valence-electron chi connectivity index (χ1n) is 11.6. The molecule has 3 amide bonds. The number of esters is 1. The summed E-state index contributed by atoms with van der Waals surface area (Å²) in [5, 5.41) is 5.35. The number of ether oxygens (including phenoxy) is 2. The Hall–Kier alpha value is -4.63. The molecule has 1 aliphatic heterocycles. The van der Waals surface area contributed by atoms with Crippen LogP contribution in [0, 0.1) is 0 Å². The number of imide groups is 1. The van der Waals surface area contributed by atoms with Crippen LogP contribution in [0.4, 0.5) is 17.1 Å². The van der Waals surface area contributed by atoms with Gasteiger partial charge in [-0.25, -0.2) is 9.69 Å². The second-order valence-corrected chi connectivity index (χ2v) is 8.90. The molecular weight excluding hydrogens is 510 g/mol. The molecule has 4 rings (SSSR count). The number of nitrogens with one attached hydrogen (secondary N) is 2. The summed E-state index contributed by atoms with van der Waals surface area (Å²) in [5.41, 5.74) is 1.67. The Morgan fingerprint density at radius 3 is 2.16 bits per heavy atom. The molecule has 1 aliphatic rings. The molecule has 0 aliphatic carbocycles. The highest BCUT2D eigenvalue weighted by atomic mass is 35.5. The van der Waals surface area contributed by atoms with E-state index in [2.05, 4.69) is 10.6 Å². The van der Waals surface area contributed by atoms with Gasteiger partial charge in [-0.3, -0.25) is 14.4 Å². The molecule has 0 aromatic heterocycles. The number of hydrogen-bond donors (Lipinski definition) is 2. The van der Waals surface area contributed by atoms with E-state index < -0.39 is 17.8 Å². The van der Waals surface area contributed by atoms with E-state index in [0.29, 0.717) is 22.7 Å². The first-order chi connectivity index (χ1) is 18.2. The maximum Gasteiger partial charge on any atom is 0.338 e. The minimum Gasteiger partial charge on any atom is -0.497 e. The van der Waals surface area contributed by atoms with Gasteiger partial charge in [0, 0.05) is 16.9 Å². The molecule has 0 saturated heterocycles. The molecule has 9 nitrogen and oxygen atoms in total. The zero-order valence-electron chi connectivity index (χ0n) is 20.8. The third-order valence-electron chi connectivity index (χ3n) is 5.47. The first-order valence-corrected chi connectivity index (χ1v) is 12.0. The normalized spacial score (nSPS) is 13.1. The fourth-order valence-corrected chi connectivity index (χ4v) is 3.84. The minimum atomic E-state index is -0.732. The van der Waals surface area contributed by atoms with Crippen molar-refractivity contribution in [3.63, 3.8) is 0 Å². The van der Waals surface area contributed by atoms with Crippen molar-refractivity contribution in [2.75, 3.05) is 22.6 Å². The van der Waals surface area contributed by atoms with Gasteiger partial charge in [0.05, 0.1) is 24.5 Å². The van der Waals surface area contributed by atoms with Gasteiger partial charge in [-0.15, -0.1) is 0 Å². The number of carbonyl (C=O) groups excluding carboxylic acids is 4. The van der Waals surface area contributed by atoms with Crippen molar-refractivity contribution in [2.24, 2.45) is 0 Å². The Kier molecular flexibility index (Phi) is 7.78. The van der Waals surface area contributed by atoms with Crippen LogP contribution >= 0.6 is 11.6 Å². The zero-order valence-corrected chi connectivity index (χ0v) is 21.5. The van der Waals surface area contributed by atoms with Crippen molar-refractivity contribution in [3.8, 4) is 5.75 Å². The van der Waals surface area contributed by atoms with E-state index >= 15 is 0 Å². The van der Waals surface area contributed by atoms with E-state index in [9.17, 15) is 19.2 Å². The third-order valence-corrected chi connectivity index (χ3v) is 5.83. The van der Waals surface area contributed by atoms with E-state index in [0.717, 1.165) is 4.90 Å². The quantitative estimate of drug-likeness (QED) is 0.311. The second kappa shape index (κ2) is 11.2. The Morgan fingerprint density at radius 1 is 0.868 bits per heavy atom. The Bertz CT molecular complexity index is 1430. The van der Waals surface area contributed by atoms with Crippen molar-refractivity contribution in [1.29, 1.82) is 0 Å². The summed E-state index contributed by atoms with van der Waals surface area (Å²) in [6, 6.07) is 19.2. The molecule has 1 heterocycles. The number of hydrogen-bond acceptors (Lipinski definition) is 7. The van der Waals surface area contributed by atoms with Gasteiger partial charge in [0.15, 0.2) is 0 Å². The molecule has 0 atom stereocenters. The number of carbonyl (C=O) groups is 4. The van der Waals surface area contributed by atoms with Crippen molar-refractivity contribution in [3.05, 3.63) is 94.7 Å². The van der Waals surface area contributed by atoms with Crippen LogP contribution in [0.25, 0.3) is 0 Å². The van der Waals surface area contributed by atoms with Crippen LogP contribution in [-0.2, 0) is 14.3 Å². The maximum absolute atomic E-state index is 13.1. The van der Waals surface area contributed by atoms with Crippen molar-refractivity contribution >= 4 is 52.4 Å². The van der Waals surface area contributed by atoms with Gasteiger partial charge in [0.25, 0.3) is 17.7 Å². The lowest BCUT2D eigenvalue weighted by Crippen LogP contribution is -2.32. The first kappa shape index (κ1) is 26.4. The van der Waals surface area contributed by atoms with Crippen LogP contribution in [0.15, 0.2) is 83.5 Å². The fourth-order valence-electron chi connectivity index (χ4n) is 3.63. The fraction of sp³-hybridized carbons (Fsp3) is 0.143. The van der Waals surface area contributed by atoms with Gasteiger partial charge < -0.3 is 20.1 Å². The summed E-state index contributed by atoms with van der Waals surface area (Å²) >= 11 is 6.22. The highest BCUT2D eigenvalue weighted by Crippen LogP contribution is 2.31. The molecule has 0 unspecified atom stereocenters. The van der Waals surface area contributed by atoms with Gasteiger partial charge in [0.2, 0.25) is 0 Å². The van der Waals surface area contributed by atoms with E-state index in [1.807, 2.05) is 0 Å². The number of benzene rings is 3. The van der Waals surface area contributed by atoms with Crippen LogP contribution in [0.5, 0.6) is 5.75 Å². The predicted octanol–water partition coefficient (Wildman–Crippen LogP) is 4.95. The second-order valence-electron chi connectivity index (χ2n) is 8.52. The minimum absolute atomic E-state index is 0.123. The Balaban J connectivity index is 1.46. The standard InChI is InChI=1S/C28H24ClN3O6/c1-16(2)38-28(36)18-5-4-6-21(15-18)32-26(34)23(29)24(27(32)35)30-19-9-7-17(8-10-19)25(33)31-20-11-13-22(37-3)14-12-20/h4-16,30H,1-3H3,(H,31,33).